The van der Waals surface area contributed by atoms with Gasteiger partial charge in [0.2, 0.25) is 0 Å². The number of benzene rings is 3. The van der Waals surface area contributed by atoms with Gasteiger partial charge in [-0.25, -0.2) is 0 Å². The Labute approximate surface area is 158 Å². The number of hydrogen-bond donors (Lipinski definition) is 2. The number of fused-ring (bicyclic) bond motifs is 2. The third-order valence-corrected chi connectivity index (χ3v) is 4.60. The van der Waals surface area contributed by atoms with Crippen LogP contribution in [0, 0.1) is 0 Å². The molecule has 2 atom stereocenters. The molecule has 0 fully saturated rings. The van der Waals surface area contributed by atoms with E-state index >= 15 is 0 Å². The van der Waals surface area contributed by atoms with Crippen LogP contribution in [0.2, 0.25) is 0 Å². The molecule has 3 aromatic rings. The van der Waals surface area contributed by atoms with Gasteiger partial charge in [0.15, 0.2) is 17.6 Å². The molecule has 0 saturated carbocycles. The van der Waals surface area contributed by atoms with E-state index in [1.165, 1.54) is 5.39 Å². The molecule has 1 aliphatic rings. The van der Waals surface area contributed by atoms with E-state index in [2.05, 4.69) is 12.1 Å². The molecule has 4 rings (SSSR count). The second kappa shape index (κ2) is 8.29. The summed E-state index contributed by atoms with van der Waals surface area (Å²) in [5.41, 5.74) is 0. The predicted octanol–water partition coefficient (Wildman–Crippen LogP) is 1.98. The van der Waals surface area contributed by atoms with Gasteiger partial charge >= 0.3 is 0 Å². The van der Waals surface area contributed by atoms with Crippen molar-refractivity contribution in [1.29, 1.82) is 0 Å². The van der Waals surface area contributed by atoms with Crippen molar-refractivity contribution >= 4 is 10.8 Å². The minimum absolute atomic E-state index is 0.0199. The van der Waals surface area contributed by atoms with Gasteiger partial charge in [-0.2, -0.15) is 0 Å². The van der Waals surface area contributed by atoms with Crippen LogP contribution < -0.4 is 19.5 Å². The molecule has 5 nitrogen and oxygen atoms in total. The summed E-state index contributed by atoms with van der Waals surface area (Å²) in [6, 6.07) is 21.8. The molecule has 3 N–H and O–H groups in total. The minimum Gasteiger partial charge on any atom is -0.491 e. The van der Waals surface area contributed by atoms with Crippen LogP contribution in [0.25, 0.3) is 10.8 Å². The summed E-state index contributed by atoms with van der Waals surface area (Å²) in [7, 11) is 0. The van der Waals surface area contributed by atoms with Gasteiger partial charge in [0, 0.05) is 0 Å². The van der Waals surface area contributed by atoms with Crippen LogP contribution in [0.1, 0.15) is 0 Å². The fourth-order valence-corrected chi connectivity index (χ4v) is 3.17. The first-order chi connectivity index (χ1) is 13.3. The van der Waals surface area contributed by atoms with Gasteiger partial charge in [-0.1, -0.05) is 42.5 Å². The molecule has 0 aromatic heterocycles. The number of aliphatic hydroxyl groups is 1. The van der Waals surface area contributed by atoms with E-state index in [0.29, 0.717) is 13.2 Å². The minimum atomic E-state index is -0.548. The highest BCUT2D eigenvalue weighted by molar-refractivity contribution is 5.83. The number of rotatable bonds is 7. The summed E-state index contributed by atoms with van der Waals surface area (Å²) in [5, 5.41) is 14.5. The third kappa shape index (κ3) is 4.51. The van der Waals surface area contributed by atoms with Crippen molar-refractivity contribution in [1.82, 2.24) is 0 Å². The largest absolute Gasteiger partial charge is 0.491 e. The fourth-order valence-electron chi connectivity index (χ4n) is 3.17. The first-order valence-corrected chi connectivity index (χ1v) is 9.28. The number of aliphatic hydroxyl groups excluding tert-OH is 1. The van der Waals surface area contributed by atoms with Crippen molar-refractivity contribution in [3.8, 4) is 17.2 Å². The molecule has 0 aliphatic carbocycles. The van der Waals surface area contributed by atoms with Crippen molar-refractivity contribution in [2.45, 2.75) is 12.2 Å². The van der Waals surface area contributed by atoms with E-state index in [0.717, 1.165) is 29.2 Å². The highest BCUT2D eigenvalue weighted by Crippen LogP contribution is 2.30. The summed E-state index contributed by atoms with van der Waals surface area (Å²) in [4.78, 5) is 0. The summed E-state index contributed by atoms with van der Waals surface area (Å²) < 4.78 is 17.4. The lowest BCUT2D eigenvalue weighted by Crippen LogP contribution is -2.89. The molecule has 5 heteroatoms. The second-order valence-corrected chi connectivity index (χ2v) is 6.73. The van der Waals surface area contributed by atoms with Gasteiger partial charge in [0.25, 0.3) is 0 Å². The third-order valence-electron chi connectivity index (χ3n) is 4.60. The molecule has 27 heavy (non-hydrogen) atoms. The average molecular weight is 366 g/mol. The molecule has 1 heterocycles. The Balaban J connectivity index is 1.20. The van der Waals surface area contributed by atoms with Crippen LogP contribution in [0.3, 0.4) is 0 Å². The summed E-state index contributed by atoms with van der Waals surface area (Å²) in [5.74, 6) is 2.34. The van der Waals surface area contributed by atoms with E-state index in [1.54, 1.807) is 0 Å². The van der Waals surface area contributed by atoms with Gasteiger partial charge in [-0.05, 0) is 35.0 Å². The van der Waals surface area contributed by atoms with E-state index in [-0.39, 0.29) is 12.7 Å². The SMILES string of the molecule is O[C@H](C[NH2+]C[C@@H]1COc2ccccc2O1)COc1ccc2ccccc2c1. The van der Waals surface area contributed by atoms with Crippen molar-refractivity contribution in [2.75, 3.05) is 26.3 Å². The number of para-hydroxylation sites is 2. The highest BCUT2D eigenvalue weighted by Gasteiger charge is 2.22. The molecule has 3 aromatic carbocycles. The zero-order chi connectivity index (χ0) is 18.5. The molecule has 0 unspecified atom stereocenters. The first kappa shape index (κ1) is 17.6. The zero-order valence-electron chi connectivity index (χ0n) is 15.1. The molecule has 0 radical (unpaired) electrons. The van der Waals surface area contributed by atoms with Crippen molar-refractivity contribution < 1.29 is 24.6 Å². The summed E-state index contributed by atoms with van der Waals surface area (Å²) in [6.07, 6.45) is -0.568. The van der Waals surface area contributed by atoms with Crippen LogP contribution >= 0.6 is 0 Å². The number of nitrogens with two attached hydrogens (primary N) is 1. The lowest BCUT2D eigenvalue weighted by atomic mass is 10.1. The maximum atomic E-state index is 10.2. The van der Waals surface area contributed by atoms with Gasteiger partial charge < -0.3 is 24.6 Å². The smallest absolute Gasteiger partial charge is 0.181 e. The van der Waals surface area contributed by atoms with Crippen LogP contribution in [0.4, 0.5) is 0 Å². The van der Waals surface area contributed by atoms with E-state index in [4.69, 9.17) is 14.2 Å². The molecule has 1 aliphatic heterocycles. The Kier molecular flexibility index (Phi) is 5.42. The number of hydrogen-bond acceptors (Lipinski definition) is 4. The van der Waals surface area contributed by atoms with Crippen LogP contribution in [-0.2, 0) is 0 Å². The topological polar surface area (TPSA) is 64.5 Å². The molecule has 0 saturated heterocycles. The van der Waals surface area contributed by atoms with Gasteiger partial charge in [-0.3, -0.25) is 0 Å². The predicted molar refractivity (Wildman–Crippen MR) is 103 cm³/mol. The van der Waals surface area contributed by atoms with E-state index < -0.39 is 6.10 Å². The lowest BCUT2D eigenvalue weighted by Gasteiger charge is -2.25. The van der Waals surface area contributed by atoms with Gasteiger partial charge in [-0.15, -0.1) is 0 Å². The standard InChI is InChI=1S/C22H23NO4/c24-18(14-25-19-10-9-16-5-1-2-6-17(16)11-19)12-23-13-20-15-26-21-7-3-4-8-22(21)27-20/h1-11,18,20,23-24H,12-15H2/p+1/t18-,20-/m1/s1. The quantitative estimate of drug-likeness (QED) is 0.671. The van der Waals surface area contributed by atoms with Crippen molar-refractivity contribution in [2.24, 2.45) is 0 Å². The Morgan fingerprint density at radius 1 is 1.00 bits per heavy atom. The first-order valence-electron chi connectivity index (χ1n) is 9.28. The average Bonchev–Trinajstić information content (AvgIpc) is 2.72. The Morgan fingerprint density at radius 3 is 2.67 bits per heavy atom. The summed E-state index contributed by atoms with van der Waals surface area (Å²) in [6.45, 7) is 2.06. The van der Waals surface area contributed by atoms with Crippen LogP contribution in [-0.4, -0.2) is 43.6 Å². The highest BCUT2D eigenvalue weighted by atomic mass is 16.6. The van der Waals surface area contributed by atoms with Crippen molar-refractivity contribution in [3.05, 3.63) is 66.7 Å². The molecule has 0 spiro atoms. The number of ether oxygens (including phenoxy) is 3. The molecule has 0 bridgehead atoms. The molecule has 0 amide bonds. The molecule has 140 valence electrons. The van der Waals surface area contributed by atoms with Crippen molar-refractivity contribution in [3.63, 3.8) is 0 Å². The Morgan fingerprint density at radius 2 is 1.78 bits per heavy atom. The second-order valence-electron chi connectivity index (χ2n) is 6.73. The Bertz CT molecular complexity index is 898. The molecular formula is C22H24NO4+. The maximum Gasteiger partial charge on any atom is 0.181 e. The van der Waals surface area contributed by atoms with E-state index in [1.807, 2.05) is 59.9 Å². The monoisotopic (exact) mass is 366 g/mol. The van der Waals surface area contributed by atoms with E-state index in [9.17, 15) is 5.11 Å². The zero-order valence-corrected chi connectivity index (χ0v) is 15.1. The summed E-state index contributed by atoms with van der Waals surface area (Å²) >= 11 is 0. The molecular weight excluding hydrogens is 342 g/mol. The maximum absolute atomic E-state index is 10.2. The Hall–Kier alpha value is -2.76. The lowest BCUT2D eigenvalue weighted by molar-refractivity contribution is -0.666. The number of quaternary nitrogens is 1. The van der Waals surface area contributed by atoms with Crippen LogP contribution in [0.5, 0.6) is 17.2 Å². The normalized spacial score (nSPS) is 16.9. The van der Waals surface area contributed by atoms with Crippen LogP contribution in [0.15, 0.2) is 66.7 Å². The fraction of sp³-hybridized carbons (Fsp3) is 0.273. The van der Waals surface area contributed by atoms with Gasteiger partial charge in [0.1, 0.15) is 38.2 Å². The van der Waals surface area contributed by atoms with Gasteiger partial charge in [0.05, 0.1) is 0 Å².